The molecular weight excluding hydrogens is 479 g/mol. The molecule has 3 rings (SSSR count). The van der Waals surface area contributed by atoms with Crippen molar-refractivity contribution in [2.75, 3.05) is 30.7 Å². The van der Waals surface area contributed by atoms with Crippen LogP contribution in [0.4, 0.5) is 24.7 Å². The molecule has 0 fully saturated rings. The summed E-state index contributed by atoms with van der Waals surface area (Å²) in [4.78, 5) is 15.2. The van der Waals surface area contributed by atoms with Gasteiger partial charge in [0.05, 0.1) is 17.9 Å². The van der Waals surface area contributed by atoms with Gasteiger partial charge in [-0.2, -0.15) is 13.2 Å². The normalized spacial score (nSPS) is 15.3. The Labute approximate surface area is 195 Å². The fraction of sp³-hybridized carbons (Fsp3) is 0.381. The number of alkyl halides is 4. The molecule has 0 saturated heterocycles. The highest BCUT2D eigenvalue weighted by Gasteiger charge is 2.30. The summed E-state index contributed by atoms with van der Waals surface area (Å²) in [7, 11) is -3.39. The lowest BCUT2D eigenvalue weighted by Gasteiger charge is -2.28. The van der Waals surface area contributed by atoms with E-state index in [-0.39, 0.29) is 11.6 Å². The van der Waals surface area contributed by atoms with Crippen LogP contribution in [0.3, 0.4) is 0 Å². The van der Waals surface area contributed by atoms with Crippen molar-refractivity contribution in [1.29, 1.82) is 0 Å². The van der Waals surface area contributed by atoms with Gasteiger partial charge >= 0.3 is 6.18 Å². The average molecular weight is 502 g/mol. The minimum absolute atomic E-state index is 0.126. The van der Waals surface area contributed by atoms with E-state index in [0.29, 0.717) is 49.3 Å². The number of halogens is 4. The van der Waals surface area contributed by atoms with E-state index >= 15 is 0 Å². The highest BCUT2D eigenvalue weighted by Crippen LogP contribution is 2.31. The predicted molar refractivity (Wildman–Crippen MR) is 123 cm³/mol. The molecule has 0 bridgehead atoms. The van der Waals surface area contributed by atoms with Gasteiger partial charge in [-0.05, 0) is 36.8 Å². The van der Waals surface area contributed by atoms with Crippen LogP contribution in [0.2, 0.25) is 0 Å². The van der Waals surface area contributed by atoms with Crippen LogP contribution in [0.5, 0.6) is 0 Å². The number of benzene rings is 1. The van der Waals surface area contributed by atoms with Crippen LogP contribution >= 0.6 is 11.6 Å². The van der Waals surface area contributed by atoms with Crippen molar-refractivity contribution in [3.63, 3.8) is 0 Å². The Morgan fingerprint density at radius 3 is 2.61 bits per heavy atom. The van der Waals surface area contributed by atoms with Crippen molar-refractivity contribution in [1.82, 2.24) is 14.9 Å². The largest absolute Gasteiger partial charge is 0.416 e. The number of sulfone groups is 1. The predicted octanol–water partition coefficient (Wildman–Crippen LogP) is 3.97. The second-order valence-electron chi connectivity index (χ2n) is 7.54. The Balaban J connectivity index is 1.86. The van der Waals surface area contributed by atoms with Crippen LogP contribution in [0.25, 0.3) is 0 Å². The molecule has 0 saturated carbocycles. The molecule has 0 atom stereocenters. The lowest BCUT2D eigenvalue weighted by molar-refractivity contribution is -0.137. The van der Waals surface area contributed by atoms with Crippen molar-refractivity contribution >= 4 is 39.2 Å². The number of allylic oxidation sites excluding steroid dienone is 2. The zero-order valence-corrected chi connectivity index (χ0v) is 19.4. The van der Waals surface area contributed by atoms with Crippen LogP contribution in [-0.2, 0) is 34.7 Å². The molecule has 1 aromatic heterocycles. The van der Waals surface area contributed by atoms with E-state index < -0.39 is 21.6 Å². The van der Waals surface area contributed by atoms with Crippen LogP contribution in [0.15, 0.2) is 41.4 Å². The average Bonchev–Trinajstić information content (AvgIpc) is 2.72. The third kappa shape index (κ3) is 7.51. The van der Waals surface area contributed by atoms with E-state index in [1.807, 2.05) is 4.90 Å². The van der Waals surface area contributed by atoms with Gasteiger partial charge in [0, 0.05) is 42.7 Å². The van der Waals surface area contributed by atoms with Gasteiger partial charge in [0.25, 0.3) is 0 Å². The SMILES string of the molecule is CS(=O)(=O)Cc1nc2c(c(Nc3ccc(C(F)(F)F)cc3)n1)CCN(C/N=C\C=C/CCl)C2. The number of hydrogen-bond acceptors (Lipinski definition) is 7. The first-order chi connectivity index (χ1) is 15.5. The molecule has 178 valence electrons. The molecule has 33 heavy (non-hydrogen) atoms. The molecule has 0 aliphatic carbocycles. The van der Waals surface area contributed by atoms with Gasteiger partial charge in [0.1, 0.15) is 17.4 Å². The highest BCUT2D eigenvalue weighted by atomic mass is 35.5. The summed E-state index contributed by atoms with van der Waals surface area (Å²) in [6.07, 6.45) is 2.41. The van der Waals surface area contributed by atoms with Gasteiger partial charge in [-0.15, -0.1) is 11.6 Å². The summed E-state index contributed by atoms with van der Waals surface area (Å²) in [6.45, 7) is 1.53. The number of fused-ring (bicyclic) bond motifs is 1. The Kier molecular flexibility index (Phi) is 8.09. The second-order valence-corrected chi connectivity index (χ2v) is 9.99. The van der Waals surface area contributed by atoms with Crippen LogP contribution < -0.4 is 5.32 Å². The standard InChI is InChI=1S/C21H23ClF3N5O2S/c1-33(31,32)13-19-28-18-12-30(14-26-10-3-2-9-22)11-8-17(18)20(29-19)27-16-6-4-15(5-7-16)21(23,24)25/h2-7,10H,8-9,11-14H2,1H3,(H,27,28,29)/b3-2-,26-10-. The lowest BCUT2D eigenvalue weighted by atomic mass is 10.1. The molecule has 12 heteroatoms. The van der Waals surface area contributed by atoms with Crippen molar-refractivity contribution in [2.45, 2.75) is 24.9 Å². The first-order valence-electron chi connectivity index (χ1n) is 9.99. The van der Waals surface area contributed by atoms with Gasteiger partial charge in [-0.1, -0.05) is 6.08 Å². The molecule has 1 aromatic carbocycles. The smallest absolute Gasteiger partial charge is 0.340 e. The van der Waals surface area contributed by atoms with Crippen LogP contribution in [0.1, 0.15) is 22.6 Å². The molecular formula is C21H23ClF3N5O2S. The molecule has 2 aromatic rings. The summed E-state index contributed by atoms with van der Waals surface area (Å²) >= 11 is 5.57. The van der Waals surface area contributed by atoms with Gasteiger partial charge in [0.2, 0.25) is 0 Å². The van der Waals surface area contributed by atoms with Gasteiger partial charge in [-0.3, -0.25) is 9.89 Å². The molecule has 0 amide bonds. The first kappa shape index (κ1) is 25.1. The summed E-state index contributed by atoms with van der Waals surface area (Å²) in [5.41, 5.74) is 1.12. The molecule has 2 heterocycles. The van der Waals surface area contributed by atoms with E-state index in [9.17, 15) is 21.6 Å². The molecule has 0 spiro atoms. The Bertz CT molecular complexity index is 1140. The fourth-order valence-electron chi connectivity index (χ4n) is 3.27. The zero-order valence-electron chi connectivity index (χ0n) is 17.8. The molecule has 7 nitrogen and oxygen atoms in total. The third-order valence-electron chi connectivity index (χ3n) is 4.76. The van der Waals surface area contributed by atoms with E-state index in [0.717, 1.165) is 24.0 Å². The minimum atomic E-state index is -4.43. The molecule has 0 unspecified atom stereocenters. The summed E-state index contributed by atoms with van der Waals surface area (Å²) in [6, 6.07) is 4.58. The Hall–Kier alpha value is -2.50. The monoisotopic (exact) mass is 501 g/mol. The van der Waals surface area contributed by atoms with Gasteiger partial charge in [0.15, 0.2) is 9.84 Å². The van der Waals surface area contributed by atoms with Crippen molar-refractivity contribution in [3.8, 4) is 0 Å². The molecule has 1 aliphatic heterocycles. The number of rotatable bonds is 8. The number of aromatic nitrogens is 2. The van der Waals surface area contributed by atoms with E-state index in [2.05, 4.69) is 20.3 Å². The number of nitrogens with zero attached hydrogens (tertiary/aromatic N) is 4. The molecule has 1 N–H and O–H groups in total. The Morgan fingerprint density at radius 2 is 1.97 bits per heavy atom. The Morgan fingerprint density at radius 1 is 1.24 bits per heavy atom. The van der Waals surface area contributed by atoms with E-state index in [4.69, 9.17) is 11.6 Å². The van der Waals surface area contributed by atoms with E-state index in [1.165, 1.54) is 12.1 Å². The number of anilines is 2. The fourth-order valence-corrected chi connectivity index (χ4v) is 3.97. The maximum absolute atomic E-state index is 12.8. The second kappa shape index (κ2) is 10.6. The zero-order chi connectivity index (χ0) is 24.1. The van der Waals surface area contributed by atoms with Crippen LogP contribution in [-0.4, -0.2) is 54.8 Å². The summed E-state index contributed by atoms with van der Waals surface area (Å²) in [5, 5.41) is 3.04. The van der Waals surface area contributed by atoms with Crippen LogP contribution in [0, 0.1) is 0 Å². The summed E-state index contributed by atoms with van der Waals surface area (Å²) < 4.78 is 62.2. The lowest BCUT2D eigenvalue weighted by Crippen LogP contribution is -2.32. The van der Waals surface area contributed by atoms with E-state index in [1.54, 1.807) is 18.4 Å². The minimum Gasteiger partial charge on any atom is -0.340 e. The van der Waals surface area contributed by atoms with Crippen molar-refractivity contribution < 1.29 is 21.6 Å². The summed E-state index contributed by atoms with van der Waals surface area (Å²) in [5.74, 6) is 0.578. The molecule has 0 radical (unpaired) electrons. The number of nitrogens with one attached hydrogen (secondary N) is 1. The van der Waals surface area contributed by atoms with Gasteiger partial charge < -0.3 is 5.32 Å². The maximum Gasteiger partial charge on any atom is 0.416 e. The highest BCUT2D eigenvalue weighted by molar-refractivity contribution is 7.89. The first-order valence-corrected chi connectivity index (χ1v) is 12.6. The van der Waals surface area contributed by atoms with Gasteiger partial charge in [-0.25, -0.2) is 18.4 Å². The molecule has 1 aliphatic rings. The topological polar surface area (TPSA) is 87.5 Å². The quantitative estimate of drug-likeness (QED) is 0.435. The number of hydrogen-bond donors (Lipinski definition) is 1. The third-order valence-corrected chi connectivity index (χ3v) is 5.72. The van der Waals surface area contributed by atoms with Crippen molar-refractivity contribution in [3.05, 3.63) is 59.1 Å². The maximum atomic E-state index is 12.8. The van der Waals surface area contributed by atoms with Crippen molar-refractivity contribution in [2.24, 2.45) is 4.99 Å². The number of aliphatic imine (C=N–C) groups is 1.